The maximum atomic E-state index is 13.9. The summed E-state index contributed by atoms with van der Waals surface area (Å²) in [6.07, 6.45) is 2.68. The molecule has 1 fully saturated rings. The molecule has 1 amide bonds. The number of alkyl halides is 2. The number of hydrogen-bond donors (Lipinski definition) is 0. The minimum absolute atomic E-state index is 0.0101. The highest BCUT2D eigenvalue weighted by Gasteiger charge is 2.47. The molecule has 128 valence electrons. The number of carbonyl (C=O) groups is 1. The first-order valence-electron chi connectivity index (χ1n) is 7.58. The number of pyridine rings is 1. The molecule has 6 nitrogen and oxygen atoms in total. The minimum atomic E-state index is -2.92. The third kappa shape index (κ3) is 3.37. The summed E-state index contributed by atoms with van der Waals surface area (Å²) in [7, 11) is 1.62. The van der Waals surface area contributed by atoms with Crippen LogP contribution in [0.15, 0.2) is 30.6 Å². The molecule has 2 aromatic heterocycles. The Balaban J connectivity index is 1.76. The molecule has 1 saturated heterocycles. The van der Waals surface area contributed by atoms with Gasteiger partial charge in [-0.15, -0.1) is 0 Å². The number of aryl methyl sites for hydroxylation is 2. The largest absolute Gasteiger partial charge is 0.490 e. The van der Waals surface area contributed by atoms with E-state index < -0.39 is 30.8 Å². The van der Waals surface area contributed by atoms with Crippen LogP contribution in [-0.4, -0.2) is 50.7 Å². The van der Waals surface area contributed by atoms with Gasteiger partial charge in [-0.25, -0.2) is 8.78 Å². The molecule has 0 aliphatic carbocycles. The van der Waals surface area contributed by atoms with Gasteiger partial charge >= 0.3 is 0 Å². The van der Waals surface area contributed by atoms with Gasteiger partial charge in [-0.1, -0.05) is 0 Å². The van der Waals surface area contributed by atoms with Crippen LogP contribution >= 0.6 is 0 Å². The minimum Gasteiger partial charge on any atom is -0.490 e. The first-order valence-corrected chi connectivity index (χ1v) is 7.58. The van der Waals surface area contributed by atoms with Crippen LogP contribution in [0.1, 0.15) is 22.6 Å². The Hall–Kier alpha value is -2.51. The molecule has 0 spiro atoms. The van der Waals surface area contributed by atoms with Gasteiger partial charge in [-0.3, -0.25) is 14.5 Å². The monoisotopic (exact) mass is 336 g/mol. The Labute approximate surface area is 138 Å². The molecule has 24 heavy (non-hydrogen) atoms. The standard InChI is InChI=1S/C16H18F2N4O2/c1-11-6-14(21(2)20-11)15(23)22-10-16(17,18)7-12(22)9-24-13-4-3-5-19-8-13/h3-6,8,12H,7,9-10H2,1-2H3/t12-/m0/s1. The molecule has 2 aromatic rings. The van der Waals surface area contributed by atoms with Crippen molar-refractivity contribution < 1.29 is 18.3 Å². The zero-order chi connectivity index (χ0) is 17.3. The molecule has 0 radical (unpaired) electrons. The van der Waals surface area contributed by atoms with Crippen LogP contribution in [0, 0.1) is 6.92 Å². The van der Waals surface area contributed by atoms with Crippen molar-refractivity contribution in [2.45, 2.75) is 25.3 Å². The van der Waals surface area contributed by atoms with Crippen LogP contribution in [0.3, 0.4) is 0 Å². The van der Waals surface area contributed by atoms with Crippen molar-refractivity contribution in [1.29, 1.82) is 0 Å². The van der Waals surface area contributed by atoms with E-state index in [1.54, 1.807) is 38.4 Å². The summed E-state index contributed by atoms with van der Waals surface area (Å²) in [6.45, 7) is 1.12. The second kappa shape index (κ2) is 6.18. The summed E-state index contributed by atoms with van der Waals surface area (Å²) < 4.78 is 34.7. The Morgan fingerprint density at radius 2 is 2.29 bits per heavy atom. The Morgan fingerprint density at radius 1 is 1.50 bits per heavy atom. The number of nitrogens with zero attached hydrogens (tertiary/aromatic N) is 4. The molecule has 0 unspecified atom stereocenters. The van der Waals surface area contributed by atoms with E-state index in [-0.39, 0.29) is 12.3 Å². The van der Waals surface area contributed by atoms with Crippen molar-refractivity contribution >= 4 is 5.91 Å². The number of halogens is 2. The lowest BCUT2D eigenvalue weighted by molar-refractivity contribution is 0.0115. The number of aromatic nitrogens is 3. The van der Waals surface area contributed by atoms with E-state index in [0.717, 1.165) is 0 Å². The van der Waals surface area contributed by atoms with Gasteiger partial charge in [0, 0.05) is 19.7 Å². The van der Waals surface area contributed by atoms with Crippen LogP contribution in [0.5, 0.6) is 5.75 Å². The molecule has 8 heteroatoms. The van der Waals surface area contributed by atoms with Crippen LogP contribution in [-0.2, 0) is 7.05 Å². The first kappa shape index (κ1) is 16.4. The Morgan fingerprint density at radius 3 is 2.92 bits per heavy atom. The van der Waals surface area contributed by atoms with Crippen molar-refractivity contribution in [2.75, 3.05) is 13.2 Å². The van der Waals surface area contributed by atoms with Crippen molar-refractivity contribution in [1.82, 2.24) is 19.7 Å². The Bertz CT molecular complexity index is 733. The summed E-state index contributed by atoms with van der Waals surface area (Å²) >= 11 is 0. The van der Waals surface area contributed by atoms with Gasteiger partial charge in [0.05, 0.1) is 24.5 Å². The predicted octanol–water partition coefficient (Wildman–Crippen LogP) is 2.05. The lowest BCUT2D eigenvalue weighted by Crippen LogP contribution is -2.40. The number of rotatable bonds is 4. The average Bonchev–Trinajstić information content (AvgIpc) is 3.04. The number of carbonyl (C=O) groups excluding carboxylic acids is 1. The predicted molar refractivity (Wildman–Crippen MR) is 82.1 cm³/mol. The van der Waals surface area contributed by atoms with Gasteiger partial charge in [0.15, 0.2) is 0 Å². The van der Waals surface area contributed by atoms with Gasteiger partial charge in [-0.05, 0) is 25.1 Å². The highest BCUT2D eigenvalue weighted by atomic mass is 19.3. The number of ether oxygens (including phenoxy) is 1. The van der Waals surface area contributed by atoms with E-state index in [2.05, 4.69) is 10.1 Å². The fourth-order valence-corrected chi connectivity index (χ4v) is 2.87. The first-order chi connectivity index (χ1) is 11.4. The average molecular weight is 336 g/mol. The van der Waals surface area contributed by atoms with Gasteiger partial charge < -0.3 is 9.64 Å². The molecule has 1 aliphatic rings. The number of likely N-dealkylation sites (tertiary alicyclic amines) is 1. The fourth-order valence-electron chi connectivity index (χ4n) is 2.87. The molecule has 3 heterocycles. The summed E-state index contributed by atoms with van der Waals surface area (Å²) in [4.78, 5) is 17.7. The lowest BCUT2D eigenvalue weighted by atomic mass is 10.2. The molecule has 3 rings (SSSR count). The lowest BCUT2D eigenvalue weighted by Gasteiger charge is -2.23. The van der Waals surface area contributed by atoms with Gasteiger partial charge in [0.2, 0.25) is 0 Å². The van der Waals surface area contributed by atoms with Crippen LogP contribution < -0.4 is 4.74 Å². The summed E-state index contributed by atoms with van der Waals surface area (Å²) in [5.41, 5.74) is 0.951. The quantitative estimate of drug-likeness (QED) is 0.857. The van der Waals surface area contributed by atoms with Crippen LogP contribution in [0.4, 0.5) is 8.78 Å². The fraction of sp³-hybridized carbons (Fsp3) is 0.438. The highest BCUT2D eigenvalue weighted by molar-refractivity contribution is 5.93. The summed E-state index contributed by atoms with van der Waals surface area (Å²) in [5.74, 6) is -2.90. The number of hydrogen-bond acceptors (Lipinski definition) is 4. The van der Waals surface area contributed by atoms with Crippen molar-refractivity contribution in [3.63, 3.8) is 0 Å². The smallest absolute Gasteiger partial charge is 0.272 e. The molecular formula is C16H18F2N4O2. The van der Waals surface area contributed by atoms with Gasteiger partial charge in [0.25, 0.3) is 11.8 Å². The Kier molecular flexibility index (Phi) is 4.21. The molecule has 0 bridgehead atoms. The van der Waals surface area contributed by atoms with E-state index in [4.69, 9.17) is 4.74 Å². The second-order valence-corrected chi connectivity index (χ2v) is 5.94. The second-order valence-electron chi connectivity index (χ2n) is 5.94. The summed E-state index contributed by atoms with van der Waals surface area (Å²) in [5, 5.41) is 4.10. The molecular weight excluding hydrogens is 318 g/mol. The molecule has 0 saturated carbocycles. The zero-order valence-electron chi connectivity index (χ0n) is 13.4. The van der Waals surface area contributed by atoms with E-state index in [9.17, 15) is 13.6 Å². The third-order valence-corrected chi connectivity index (χ3v) is 3.94. The molecule has 1 aliphatic heterocycles. The van der Waals surface area contributed by atoms with Gasteiger partial charge in [0.1, 0.15) is 18.1 Å². The van der Waals surface area contributed by atoms with Crippen molar-refractivity contribution in [3.8, 4) is 5.75 Å². The number of amides is 1. The SMILES string of the molecule is Cc1cc(C(=O)N2CC(F)(F)C[C@H]2COc2cccnc2)n(C)n1. The molecule has 0 aromatic carbocycles. The van der Waals surface area contributed by atoms with Crippen molar-refractivity contribution in [3.05, 3.63) is 42.0 Å². The maximum Gasteiger partial charge on any atom is 0.272 e. The highest BCUT2D eigenvalue weighted by Crippen LogP contribution is 2.33. The van der Waals surface area contributed by atoms with E-state index in [1.807, 2.05) is 0 Å². The molecule has 1 atom stereocenters. The van der Waals surface area contributed by atoms with Crippen LogP contribution in [0.25, 0.3) is 0 Å². The van der Waals surface area contributed by atoms with E-state index in [0.29, 0.717) is 11.4 Å². The van der Waals surface area contributed by atoms with E-state index >= 15 is 0 Å². The topological polar surface area (TPSA) is 60.3 Å². The van der Waals surface area contributed by atoms with Crippen molar-refractivity contribution in [2.24, 2.45) is 7.05 Å². The van der Waals surface area contributed by atoms with E-state index in [1.165, 1.54) is 15.8 Å². The zero-order valence-corrected chi connectivity index (χ0v) is 13.4. The maximum absolute atomic E-state index is 13.9. The normalized spacial score (nSPS) is 19.5. The van der Waals surface area contributed by atoms with Gasteiger partial charge in [-0.2, -0.15) is 5.10 Å². The third-order valence-electron chi connectivity index (χ3n) is 3.94. The van der Waals surface area contributed by atoms with Crippen LogP contribution in [0.2, 0.25) is 0 Å². The summed E-state index contributed by atoms with van der Waals surface area (Å²) in [6, 6.07) is 4.28. The molecule has 0 N–H and O–H groups in total.